The summed E-state index contributed by atoms with van der Waals surface area (Å²) in [5.41, 5.74) is 0.626. The second-order valence-electron chi connectivity index (χ2n) is 3.74. The Morgan fingerprint density at radius 1 is 1.17 bits per heavy atom. The molecule has 0 heterocycles. The van der Waals surface area contributed by atoms with Gasteiger partial charge in [0.1, 0.15) is 5.75 Å². The normalized spacial score (nSPS) is 10.1. The van der Waals surface area contributed by atoms with Gasteiger partial charge < -0.3 is 4.74 Å². The topological polar surface area (TPSA) is 52.4 Å². The molecule has 5 heteroatoms. The highest BCUT2D eigenvalue weighted by Crippen LogP contribution is 2.28. The third kappa shape index (κ3) is 2.45. The predicted octanol–water partition coefficient (Wildman–Crippen LogP) is 3.83. The quantitative estimate of drug-likeness (QED) is 0.611. The molecule has 18 heavy (non-hydrogen) atoms. The van der Waals surface area contributed by atoms with E-state index in [0.717, 1.165) is 0 Å². The molecular formula is C13H10FNO3. The molecule has 0 aromatic heterocycles. The molecule has 2 aromatic rings. The Balaban J connectivity index is 2.26. The zero-order valence-electron chi connectivity index (χ0n) is 9.59. The van der Waals surface area contributed by atoms with E-state index in [1.54, 1.807) is 19.1 Å². The molecule has 0 fully saturated rings. The van der Waals surface area contributed by atoms with Crippen LogP contribution in [0.25, 0.3) is 0 Å². The number of nitro benzene ring substituents is 1. The van der Waals surface area contributed by atoms with Gasteiger partial charge in [0, 0.05) is 12.1 Å². The molecule has 0 saturated heterocycles. The lowest BCUT2D eigenvalue weighted by molar-refractivity contribution is -0.384. The second-order valence-corrected chi connectivity index (χ2v) is 3.74. The Hall–Kier alpha value is -2.43. The van der Waals surface area contributed by atoms with Gasteiger partial charge in [0.25, 0.3) is 5.69 Å². The van der Waals surface area contributed by atoms with Gasteiger partial charge in [0.2, 0.25) is 0 Å². The van der Waals surface area contributed by atoms with Crippen LogP contribution in [-0.2, 0) is 0 Å². The number of halogens is 1. The lowest BCUT2D eigenvalue weighted by atomic mass is 10.2. The van der Waals surface area contributed by atoms with Crippen molar-refractivity contribution in [2.24, 2.45) is 0 Å². The maximum absolute atomic E-state index is 13.5. The molecule has 92 valence electrons. The molecule has 0 spiro atoms. The number of rotatable bonds is 3. The van der Waals surface area contributed by atoms with Crippen LogP contribution in [0.5, 0.6) is 11.5 Å². The highest BCUT2D eigenvalue weighted by Gasteiger charge is 2.09. The summed E-state index contributed by atoms with van der Waals surface area (Å²) in [6.07, 6.45) is 0. The van der Waals surface area contributed by atoms with E-state index in [1.165, 1.54) is 30.3 Å². The minimum Gasteiger partial charge on any atom is -0.454 e. The molecule has 0 amide bonds. The summed E-state index contributed by atoms with van der Waals surface area (Å²) in [5, 5.41) is 10.5. The van der Waals surface area contributed by atoms with Crippen molar-refractivity contribution in [3.8, 4) is 11.5 Å². The molecule has 0 aliphatic heterocycles. The fourth-order valence-corrected chi connectivity index (χ4v) is 1.50. The summed E-state index contributed by atoms with van der Waals surface area (Å²) in [4.78, 5) is 9.98. The summed E-state index contributed by atoms with van der Waals surface area (Å²) < 4.78 is 18.9. The van der Waals surface area contributed by atoms with E-state index in [9.17, 15) is 14.5 Å². The van der Waals surface area contributed by atoms with E-state index in [1.807, 2.05) is 0 Å². The SMILES string of the molecule is Cc1cccc(F)c1Oc1ccc([N+](=O)[O-])cc1. The van der Waals surface area contributed by atoms with E-state index >= 15 is 0 Å². The van der Waals surface area contributed by atoms with Crippen molar-refractivity contribution in [2.45, 2.75) is 6.92 Å². The van der Waals surface area contributed by atoms with Crippen LogP contribution >= 0.6 is 0 Å². The van der Waals surface area contributed by atoms with Gasteiger partial charge in [-0.2, -0.15) is 0 Å². The molecule has 4 nitrogen and oxygen atoms in total. The van der Waals surface area contributed by atoms with E-state index in [0.29, 0.717) is 11.3 Å². The number of aryl methyl sites for hydroxylation is 1. The first-order valence-corrected chi connectivity index (χ1v) is 5.25. The highest BCUT2D eigenvalue weighted by atomic mass is 19.1. The Labute approximate surface area is 103 Å². The standard InChI is InChI=1S/C13H10FNO3/c1-9-3-2-4-12(14)13(9)18-11-7-5-10(6-8-11)15(16)17/h2-8H,1H3. The number of nitrogens with zero attached hydrogens (tertiary/aromatic N) is 1. The van der Waals surface area contributed by atoms with Crippen LogP contribution in [0.1, 0.15) is 5.56 Å². The summed E-state index contributed by atoms with van der Waals surface area (Å²) in [6, 6.07) is 10.1. The number of ether oxygens (including phenoxy) is 1. The lowest BCUT2D eigenvalue weighted by Gasteiger charge is -2.09. The molecule has 0 aliphatic rings. The van der Waals surface area contributed by atoms with Gasteiger partial charge in [-0.05, 0) is 30.7 Å². The summed E-state index contributed by atoms with van der Waals surface area (Å²) >= 11 is 0. The number of benzene rings is 2. The monoisotopic (exact) mass is 247 g/mol. The molecule has 0 bridgehead atoms. The first kappa shape index (κ1) is 12.0. The van der Waals surface area contributed by atoms with Crippen LogP contribution in [0, 0.1) is 22.9 Å². The summed E-state index contributed by atoms with van der Waals surface area (Å²) in [7, 11) is 0. The third-order valence-corrected chi connectivity index (χ3v) is 2.43. The van der Waals surface area contributed by atoms with Crippen LogP contribution < -0.4 is 4.74 Å². The van der Waals surface area contributed by atoms with Gasteiger partial charge in [0.05, 0.1) is 4.92 Å². The van der Waals surface area contributed by atoms with Crippen molar-refractivity contribution in [1.82, 2.24) is 0 Å². The van der Waals surface area contributed by atoms with Crippen molar-refractivity contribution in [1.29, 1.82) is 0 Å². The van der Waals surface area contributed by atoms with Crippen LogP contribution in [0.4, 0.5) is 10.1 Å². The second kappa shape index (κ2) is 4.83. The molecule has 0 atom stereocenters. The van der Waals surface area contributed by atoms with Gasteiger partial charge in [-0.3, -0.25) is 10.1 Å². The molecule has 0 aliphatic carbocycles. The zero-order chi connectivity index (χ0) is 13.1. The van der Waals surface area contributed by atoms with Crippen molar-refractivity contribution >= 4 is 5.69 Å². The number of para-hydroxylation sites is 1. The van der Waals surface area contributed by atoms with Gasteiger partial charge >= 0.3 is 0 Å². The molecule has 0 saturated carbocycles. The largest absolute Gasteiger partial charge is 0.454 e. The molecule has 2 aromatic carbocycles. The molecular weight excluding hydrogens is 237 g/mol. The first-order chi connectivity index (χ1) is 8.58. The lowest BCUT2D eigenvalue weighted by Crippen LogP contribution is -1.92. The number of non-ortho nitro benzene ring substituents is 1. The van der Waals surface area contributed by atoms with E-state index in [4.69, 9.17) is 4.74 Å². The van der Waals surface area contributed by atoms with Crippen molar-refractivity contribution in [3.05, 3.63) is 64.0 Å². The maximum atomic E-state index is 13.5. The third-order valence-electron chi connectivity index (χ3n) is 2.43. The van der Waals surface area contributed by atoms with Gasteiger partial charge in [0.15, 0.2) is 11.6 Å². The first-order valence-electron chi connectivity index (χ1n) is 5.25. The fourth-order valence-electron chi connectivity index (χ4n) is 1.50. The Morgan fingerprint density at radius 3 is 2.39 bits per heavy atom. The van der Waals surface area contributed by atoms with Crippen LogP contribution in [0.15, 0.2) is 42.5 Å². The van der Waals surface area contributed by atoms with Crippen molar-refractivity contribution in [3.63, 3.8) is 0 Å². The van der Waals surface area contributed by atoms with Gasteiger partial charge in [-0.1, -0.05) is 12.1 Å². The molecule has 0 radical (unpaired) electrons. The maximum Gasteiger partial charge on any atom is 0.269 e. The smallest absolute Gasteiger partial charge is 0.269 e. The average molecular weight is 247 g/mol. The van der Waals surface area contributed by atoms with Crippen LogP contribution in [-0.4, -0.2) is 4.92 Å². The summed E-state index contributed by atoms with van der Waals surface area (Å²) in [5.74, 6) is 0.0218. The van der Waals surface area contributed by atoms with E-state index < -0.39 is 10.7 Å². The Bertz CT molecular complexity index is 561. The number of hydrogen-bond donors (Lipinski definition) is 0. The zero-order valence-corrected chi connectivity index (χ0v) is 9.59. The molecule has 0 N–H and O–H groups in total. The molecule has 0 unspecified atom stereocenters. The number of nitro groups is 1. The van der Waals surface area contributed by atoms with E-state index in [2.05, 4.69) is 0 Å². The fraction of sp³-hybridized carbons (Fsp3) is 0.0769. The van der Waals surface area contributed by atoms with Crippen molar-refractivity contribution < 1.29 is 14.1 Å². The van der Waals surface area contributed by atoms with Crippen LogP contribution in [0.2, 0.25) is 0 Å². The van der Waals surface area contributed by atoms with Gasteiger partial charge in [-0.15, -0.1) is 0 Å². The average Bonchev–Trinajstić information content (AvgIpc) is 2.34. The highest BCUT2D eigenvalue weighted by molar-refractivity contribution is 5.41. The van der Waals surface area contributed by atoms with E-state index in [-0.39, 0.29) is 11.4 Å². The minimum absolute atomic E-state index is 0.0346. The van der Waals surface area contributed by atoms with Gasteiger partial charge in [-0.25, -0.2) is 4.39 Å². The predicted molar refractivity (Wildman–Crippen MR) is 64.3 cm³/mol. The molecule has 2 rings (SSSR count). The number of hydrogen-bond acceptors (Lipinski definition) is 3. The Morgan fingerprint density at radius 2 is 1.83 bits per heavy atom. The van der Waals surface area contributed by atoms with Crippen molar-refractivity contribution in [2.75, 3.05) is 0 Å². The summed E-state index contributed by atoms with van der Waals surface area (Å²) in [6.45, 7) is 1.73. The van der Waals surface area contributed by atoms with Crippen LogP contribution in [0.3, 0.4) is 0 Å². The minimum atomic E-state index is -0.502. The Kier molecular flexibility index (Phi) is 3.23.